The lowest BCUT2D eigenvalue weighted by atomic mass is 9.77. The van der Waals surface area contributed by atoms with Crippen LogP contribution in [0, 0.1) is 11.8 Å². The topological polar surface area (TPSA) is 21.3 Å². The molecule has 0 bridgehead atoms. The van der Waals surface area contributed by atoms with Crippen molar-refractivity contribution < 1.29 is 4.74 Å². The Kier molecular flexibility index (Phi) is 7.06. The fraction of sp³-hybridized carbons (Fsp3) is 1.00. The summed E-state index contributed by atoms with van der Waals surface area (Å²) in [4.78, 5) is 0. The van der Waals surface area contributed by atoms with E-state index in [9.17, 15) is 0 Å². The predicted molar refractivity (Wildman–Crippen MR) is 69.7 cm³/mol. The maximum Gasteiger partial charge on any atom is 0.0618 e. The molecule has 0 aromatic rings. The lowest BCUT2D eigenvalue weighted by Gasteiger charge is -2.34. The van der Waals surface area contributed by atoms with Gasteiger partial charge in [-0.05, 0) is 31.2 Å². The zero-order valence-electron chi connectivity index (χ0n) is 11.3. The molecule has 0 aromatic carbocycles. The summed E-state index contributed by atoms with van der Waals surface area (Å²) in [5, 5.41) is 3.58. The average molecular weight is 227 g/mol. The number of likely N-dealkylation sites (N-methyl/N-ethyl adjacent to an activating group) is 1. The molecule has 1 unspecified atom stereocenters. The van der Waals surface area contributed by atoms with Crippen molar-refractivity contribution in [3.63, 3.8) is 0 Å². The van der Waals surface area contributed by atoms with Gasteiger partial charge in [-0.25, -0.2) is 0 Å². The van der Waals surface area contributed by atoms with Crippen LogP contribution in [0.4, 0.5) is 0 Å². The molecule has 1 fully saturated rings. The van der Waals surface area contributed by atoms with Crippen molar-refractivity contribution in [1.82, 2.24) is 5.32 Å². The average Bonchev–Trinajstić information content (AvgIpc) is 2.30. The van der Waals surface area contributed by atoms with E-state index in [1.165, 1.54) is 38.5 Å². The number of hydrogen-bond acceptors (Lipinski definition) is 2. The molecule has 0 saturated heterocycles. The smallest absolute Gasteiger partial charge is 0.0618 e. The molecule has 0 aliphatic heterocycles. The van der Waals surface area contributed by atoms with Crippen LogP contribution in [0.3, 0.4) is 0 Å². The van der Waals surface area contributed by atoms with Gasteiger partial charge < -0.3 is 10.1 Å². The number of hydrogen-bond donors (Lipinski definition) is 1. The van der Waals surface area contributed by atoms with Crippen molar-refractivity contribution in [2.75, 3.05) is 20.3 Å². The van der Waals surface area contributed by atoms with Crippen LogP contribution >= 0.6 is 0 Å². The molecule has 16 heavy (non-hydrogen) atoms. The fourth-order valence-corrected chi connectivity index (χ4v) is 3.09. The standard InChI is InChI=1S/C14H29NO/c1-4-6-12-7-9-13(10-8-12)14(11-16-3)15-5-2/h12-15H,4-11H2,1-3H3. The highest BCUT2D eigenvalue weighted by atomic mass is 16.5. The summed E-state index contributed by atoms with van der Waals surface area (Å²) in [5.41, 5.74) is 0. The predicted octanol–water partition coefficient (Wildman–Crippen LogP) is 3.22. The molecular weight excluding hydrogens is 198 g/mol. The maximum atomic E-state index is 5.32. The summed E-state index contributed by atoms with van der Waals surface area (Å²) in [6.45, 7) is 6.42. The largest absolute Gasteiger partial charge is 0.383 e. The highest BCUT2D eigenvalue weighted by molar-refractivity contribution is 4.81. The van der Waals surface area contributed by atoms with E-state index in [-0.39, 0.29) is 0 Å². The minimum Gasteiger partial charge on any atom is -0.383 e. The Hall–Kier alpha value is -0.0800. The molecule has 0 spiro atoms. The molecule has 2 heteroatoms. The van der Waals surface area contributed by atoms with Gasteiger partial charge in [-0.1, -0.05) is 39.5 Å². The Labute approximate surface area is 101 Å². The molecule has 0 amide bonds. The van der Waals surface area contributed by atoms with Gasteiger partial charge in [0.25, 0.3) is 0 Å². The molecule has 1 atom stereocenters. The summed E-state index contributed by atoms with van der Waals surface area (Å²) in [6.07, 6.45) is 8.44. The lowest BCUT2D eigenvalue weighted by Crippen LogP contribution is -2.41. The van der Waals surface area contributed by atoms with Crippen LogP contribution in [0.15, 0.2) is 0 Å². The van der Waals surface area contributed by atoms with Crippen LogP contribution in [0.2, 0.25) is 0 Å². The molecule has 0 heterocycles. The van der Waals surface area contributed by atoms with E-state index in [2.05, 4.69) is 19.2 Å². The highest BCUT2D eigenvalue weighted by Gasteiger charge is 2.26. The van der Waals surface area contributed by atoms with Crippen LogP contribution in [0.1, 0.15) is 52.4 Å². The van der Waals surface area contributed by atoms with Gasteiger partial charge >= 0.3 is 0 Å². The number of ether oxygens (including phenoxy) is 1. The van der Waals surface area contributed by atoms with E-state index in [4.69, 9.17) is 4.74 Å². The molecule has 1 saturated carbocycles. The minimum absolute atomic E-state index is 0.581. The van der Waals surface area contributed by atoms with Crippen LogP contribution in [-0.4, -0.2) is 26.3 Å². The molecule has 1 aliphatic carbocycles. The van der Waals surface area contributed by atoms with Crippen molar-refractivity contribution in [2.45, 2.75) is 58.4 Å². The first kappa shape index (κ1) is 14.0. The van der Waals surface area contributed by atoms with E-state index in [0.717, 1.165) is 25.0 Å². The highest BCUT2D eigenvalue weighted by Crippen LogP contribution is 2.33. The minimum atomic E-state index is 0.581. The van der Waals surface area contributed by atoms with Crippen LogP contribution in [0.25, 0.3) is 0 Å². The molecule has 0 radical (unpaired) electrons. The van der Waals surface area contributed by atoms with Crippen molar-refractivity contribution in [3.05, 3.63) is 0 Å². The van der Waals surface area contributed by atoms with Gasteiger partial charge in [0.05, 0.1) is 6.61 Å². The van der Waals surface area contributed by atoms with Crippen LogP contribution < -0.4 is 5.32 Å². The normalized spacial score (nSPS) is 27.9. The summed E-state index contributed by atoms with van der Waals surface area (Å²) >= 11 is 0. The Morgan fingerprint density at radius 3 is 2.38 bits per heavy atom. The second kappa shape index (κ2) is 8.08. The zero-order chi connectivity index (χ0) is 11.8. The third kappa shape index (κ3) is 4.42. The Balaban J connectivity index is 2.31. The van der Waals surface area contributed by atoms with Gasteiger partial charge in [-0.15, -0.1) is 0 Å². The Morgan fingerprint density at radius 1 is 1.19 bits per heavy atom. The number of methoxy groups -OCH3 is 1. The summed E-state index contributed by atoms with van der Waals surface area (Å²) in [7, 11) is 1.81. The molecule has 96 valence electrons. The van der Waals surface area contributed by atoms with Gasteiger partial charge in [0.15, 0.2) is 0 Å². The zero-order valence-corrected chi connectivity index (χ0v) is 11.3. The first-order valence-electron chi connectivity index (χ1n) is 7.04. The van der Waals surface area contributed by atoms with Crippen molar-refractivity contribution in [2.24, 2.45) is 11.8 Å². The monoisotopic (exact) mass is 227 g/mol. The van der Waals surface area contributed by atoms with Crippen LogP contribution in [0.5, 0.6) is 0 Å². The maximum absolute atomic E-state index is 5.32. The van der Waals surface area contributed by atoms with E-state index in [1.807, 2.05) is 7.11 Å². The Bertz CT molecular complexity index is 158. The van der Waals surface area contributed by atoms with Crippen molar-refractivity contribution in [1.29, 1.82) is 0 Å². The Morgan fingerprint density at radius 2 is 1.88 bits per heavy atom. The molecule has 1 aliphatic rings. The fourth-order valence-electron chi connectivity index (χ4n) is 3.09. The molecule has 2 nitrogen and oxygen atoms in total. The second-order valence-electron chi connectivity index (χ2n) is 5.19. The molecule has 0 aromatic heterocycles. The van der Waals surface area contributed by atoms with E-state index in [1.54, 1.807) is 0 Å². The van der Waals surface area contributed by atoms with Crippen molar-refractivity contribution in [3.8, 4) is 0 Å². The summed E-state index contributed by atoms with van der Waals surface area (Å²) < 4.78 is 5.32. The quantitative estimate of drug-likeness (QED) is 0.721. The third-order valence-corrected chi connectivity index (χ3v) is 3.97. The van der Waals surface area contributed by atoms with Gasteiger partial charge in [0.1, 0.15) is 0 Å². The summed E-state index contributed by atoms with van der Waals surface area (Å²) in [5.74, 6) is 1.85. The summed E-state index contributed by atoms with van der Waals surface area (Å²) in [6, 6.07) is 0.581. The first-order valence-corrected chi connectivity index (χ1v) is 7.04. The number of nitrogens with one attached hydrogen (secondary N) is 1. The number of rotatable bonds is 7. The SMILES string of the molecule is CCCC1CCC(C(COC)NCC)CC1. The van der Waals surface area contributed by atoms with Crippen molar-refractivity contribution >= 4 is 0 Å². The van der Waals surface area contributed by atoms with Crippen LogP contribution in [-0.2, 0) is 4.74 Å². The van der Waals surface area contributed by atoms with Gasteiger partial charge in [-0.3, -0.25) is 0 Å². The van der Waals surface area contributed by atoms with Gasteiger partial charge in [-0.2, -0.15) is 0 Å². The van der Waals surface area contributed by atoms with E-state index in [0.29, 0.717) is 6.04 Å². The third-order valence-electron chi connectivity index (χ3n) is 3.97. The second-order valence-corrected chi connectivity index (χ2v) is 5.19. The lowest BCUT2D eigenvalue weighted by molar-refractivity contribution is 0.116. The molecular formula is C14H29NO. The first-order chi connectivity index (χ1) is 7.81. The van der Waals surface area contributed by atoms with Gasteiger partial charge in [0.2, 0.25) is 0 Å². The van der Waals surface area contributed by atoms with E-state index >= 15 is 0 Å². The van der Waals surface area contributed by atoms with E-state index < -0.39 is 0 Å². The van der Waals surface area contributed by atoms with Gasteiger partial charge in [0, 0.05) is 13.2 Å². The molecule has 1 rings (SSSR count). The molecule has 1 N–H and O–H groups in total.